The van der Waals surface area contributed by atoms with Gasteiger partial charge in [0, 0.05) is 33.2 Å². The molecule has 0 radical (unpaired) electrons. The van der Waals surface area contributed by atoms with Crippen LogP contribution in [0, 0.1) is 0 Å². The SMILES string of the molecule is CNC(=O)NCCN1CC=CCC1. The summed E-state index contributed by atoms with van der Waals surface area (Å²) in [5.41, 5.74) is 0. The minimum Gasteiger partial charge on any atom is -0.341 e. The van der Waals surface area contributed by atoms with E-state index in [1.807, 2.05) is 0 Å². The van der Waals surface area contributed by atoms with Gasteiger partial charge in [0.2, 0.25) is 0 Å². The maximum absolute atomic E-state index is 10.8. The highest BCUT2D eigenvalue weighted by Gasteiger charge is 2.05. The summed E-state index contributed by atoms with van der Waals surface area (Å²) in [6.07, 6.45) is 5.49. The third-order valence-corrected chi connectivity index (χ3v) is 2.08. The highest BCUT2D eigenvalue weighted by atomic mass is 16.2. The lowest BCUT2D eigenvalue weighted by atomic mass is 10.2. The second-order valence-corrected chi connectivity index (χ2v) is 3.07. The largest absolute Gasteiger partial charge is 0.341 e. The average molecular weight is 183 g/mol. The Morgan fingerprint density at radius 2 is 2.38 bits per heavy atom. The van der Waals surface area contributed by atoms with Crippen molar-refractivity contribution in [3.05, 3.63) is 12.2 Å². The molecule has 0 saturated carbocycles. The van der Waals surface area contributed by atoms with Crippen molar-refractivity contribution in [2.45, 2.75) is 6.42 Å². The molecule has 74 valence electrons. The Morgan fingerprint density at radius 1 is 1.54 bits per heavy atom. The van der Waals surface area contributed by atoms with Gasteiger partial charge in [0.1, 0.15) is 0 Å². The minimum atomic E-state index is -0.104. The molecule has 4 nitrogen and oxygen atoms in total. The van der Waals surface area contributed by atoms with E-state index in [0.717, 1.165) is 26.1 Å². The van der Waals surface area contributed by atoms with E-state index in [4.69, 9.17) is 0 Å². The smallest absolute Gasteiger partial charge is 0.314 e. The van der Waals surface area contributed by atoms with Crippen LogP contribution in [-0.2, 0) is 0 Å². The van der Waals surface area contributed by atoms with E-state index in [0.29, 0.717) is 6.54 Å². The third kappa shape index (κ3) is 3.94. The maximum Gasteiger partial charge on any atom is 0.314 e. The van der Waals surface area contributed by atoms with Crippen LogP contribution in [0.2, 0.25) is 0 Å². The number of carbonyl (C=O) groups excluding carboxylic acids is 1. The molecule has 1 aliphatic heterocycles. The third-order valence-electron chi connectivity index (χ3n) is 2.08. The minimum absolute atomic E-state index is 0.104. The zero-order chi connectivity index (χ0) is 9.52. The quantitative estimate of drug-likeness (QED) is 0.613. The summed E-state index contributed by atoms with van der Waals surface area (Å²) in [7, 11) is 1.62. The molecule has 4 heteroatoms. The Labute approximate surface area is 79.0 Å². The van der Waals surface area contributed by atoms with E-state index in [1.165, 1.54) is 0 Å². The molecule has 0 aromatic carbocycles. The Balaban J connectivity index is 2.05. The second-order valence-electron chi connectivity index (χ2n) is 3.07. The summed E-state index contributed by atoms with van der Waals surface area (Å²) in [6, 6.07) is -0.104. The molecule has 0 bridgehead atoms. The van der Waals surface area contributed by atoms with Gasteiger partial charge in [-0.25, -0.2) is 4.79 Å². The predicted molar refractivity (Wildman–Crippen MR) is 52.7 cm³/mol. The molecule has 0 unspecified atom stereocenters. The van der Waals surface area contributed by atoms with E-state index < -0.39 is 0 Å². The lowest BCUT2D eigenvalue weighted by molar-refractivity contribution is 0.238. The Hall–Kier alpha value is -1.03. The first-order valence-electron chi connectivity index (χ1n) is 4.66. The molecule has 0 spiro atoms. The number of amides is 2. The van der Waals surface area contributed by atoms with Crippen LogP contribution >= 0.6 is 0 Å². The number of nitrogens with one attached hydrogen (secondary N) is 2. The van der Waals surface area contributed by atoms with Crippen LogP contribution < -0.4 is 10.6 Å². The zero-order valence-corrected chi connectivity index (χ0v) is 8.05. The van der Waals surface area contributed by atoms with Crippen molar-refractivity contribution >= 4 is 6.03 Å². The average Bonchev–Trinajstić information content (AvgIpc) is 2.19. The Bertz CT molecular complexity index is 191. The molecule has 1 heterocycles. The second kappa shape index (κ2) is 5.59. The van der Waals surface area contributed by atoms with Crippen LogP contribution in [0.25, 0.3) is 0 Å². The number of carbonyl (C=O) groups is 1. The molecule has 1 aliphatic rings. The normalized spacial score (nSPS) is 17.0. The molecule has 1 rings (SSSR count). The van der Waals surface area contributed by atoms with Gasteiger partial charge in [0.05, 0.1) is 0 Å². The first-order valence-corrected chi connectivity index (χ1v) is 4.66. The van der Waals surface area contributed by atoms with Gasteiger partial charge < -0.3 is 10.6 Å². The zero-order valence-electron chi connectivity index (χ0n) is 8.05. The van der Waals surface area contributed by atoms with E-state index >= 15 is 0 Å². The molecule has 2 amide bonds. The van der Waals surface area contributed by atoms with Crippen LogP contribution in [0.5, 0.6) is 0 Å². The van der Waals surface area contributed by atoms with Gasteiger partial charge in [-0.3, -0.25) is 4.90 Å². The molecule has 0 aromatic heterocycles. The summed E-state index contributed by atoms with van der Waals surface area (Å²) in [5, 5.41) is 5.28. The van der Waals surface area contributed by atoms with Crippen molar-refractivity contribution < 1.29 is 4.79 Å². The number of nitrogens with zero attached hydrogens (tertiary/aromatic N) is 1. The summed E-state index contributed by atoms with van der Waals surface area (Å²) < 4.78 is 0. The first-order chi connectivity index (χ1) is 6.33. The highest BCUT2D eigenvalue weighted by molar-refractivity contribution is 5.73. The highest BCUT2D eigenvalue weighted by Crippen LogP contribution is 1.98. The first kappa shape index (κ1) is 10.1. The van der Waals surface area contributed by atoms with Crippen molar-refractivity contribution in [1.82, 2.24) is 15.5 Å². The monoisotopic (exact) mass is 183 g/mol. The van der Waals surface area contributed by atoms with Gasteiger partial charge in [-0.1, -0.05) is 12.2 Å². The molecule has 0 atom stereocenters. The number of hydrogen-bond donors (Lipinski definition) is 2. The molecule has 0 aromatic rings. The van der Waals surface area contributed by atoms with E-state index in [9.17, 15) is 4.79 Å². The molecular formula is C9H17N3O. The lowest BCUT2D eigenvalue weighted by Gasteiger charge is -2.22. The van der Waals surface area contributed by atoms with E-state index in [-0.39, 0.29) is 6.03 Å². The number of hydrogen-bond acceptors (Lipinski definition) is 2. The predicted octanol–water partition coefficient (Wildman–Crippen LogP) is 0.177. The number of urea groups is 1. The van der Waals surface area contributed by atoms with Crippen LogP contribution in [0.3, 0.4) is 0 Å². The maximum atomic E-state index is 10.8. The Kier molecular flexibility index (Phi) is 4.32. The summed E-state index contributed by atoms with van der Waals surface area (Å²) in [6.45, 7) is 3.76. The van der Waals surface area contributed by atoms with Crippen LogP contribution in [0.1, 0.15) is 6.42 Å². The molecule has 2 N–H and O–H groups in total. The molecule has 0 aliphatic carbocycles. The van der Waals surface area contributed by atoms with Gasteiger partial charge in [-0.15, -0.1) is 0 Å². The molecule has 13 heavy (non-hydrogen) atoms. The van der Waals surface area contributed by atoms with Crippen molar-refractivity contribution in [3.8, 4) is 0 Å². The van der Waals surface area contributed by atoms with Crippen molar-refractivity contribution in [2.24, 2.45) is 0 Å². The fraction of sp³-hybridized carbons (Fsp3) is 0.667. The van der Waals surface area contributed by atoms with E-state index in [1.54, 1.807) is 7.05 Å². The van der Waals surface area contributed by atoms with Crippen molar-refractivity contribution in [3.63, 3.8) is 0 Å². The fourth-order valence-electron chi connectivity index (χ4n) is 1.31. The van der Waals surface area contributed by atoms with Crippen LogP contribution in [-0.4, -0.2) is 44.2 Å². The standard InChI is InChI=1S/C9H17N3O/c1-10-9(13)11-5-8-12-6-3-2-4-7-12/h2-3H,4-8H2,1H3,(H2,10,11,13). The van der Waals surface area contributed by atoms with Crippen molar-refractivity contribution in [2.75, 3.05) is 33.2 Å². The van der Waals surface area contributed by atoms with Crippen molar-refractivity contribution in [1.29, 1.82) is 0 Å². The summed E-state index contributed by atoms with van der Waals surface area (Å²) in [5.74, 6) is 0. The lowest BCUT2D eigenvalue weighted by Crippen LogP contribution is -2.39. The topological polar surface area (TPSA) is 44.4 Å². The van der Waals surface area contributed by atoms with Gasteiger partial charge in [0.15, 0.2) is 0 Å². The van der Waals surface area contributed by atoms with Gasteiger partial charge in [-0.05, 0) is 6.42 Å². The van der Waals surface area contributed by atoms with Crippen LogP contribution in [0.15, 0.2) is 12.2 Å². The molecular weight excluding hydrogens is 166 g/mol. The van der Waals surface area contributed by atoms with Gasteiger partial charge >= 0.3 is 6.03 Å². The Morgan fingerprint density at radius 3 is 3.00 bits per heavy atom. The summed E-state index contributed by atoms with van der Waals surface area (Å²) >= 11 is 0. The van der Waals surface area contributed by atoms with E-state index in [2.05, 4.69) is 27.7 Å². The number of rotatable bonds is 3. The van der Waals surface area contributed by atoms with Crippen LogP contribution in [0.4, 0.5) is 4.79 Å². The van der Waals surface area contributed by atoms with Gasteiger partial charge in [0.25, 0.3) is 0 Å². The fourth-order valence-corrected chi connectivity index (χ4v) is 1.31. The van der Waals surface area contributed by atoms with Gasteiger partial charge in [-0.2, -0.15) is 0 Å². The summed E-state index contributed by atoms with van der Waals surface area (Å²) in [4.78, 5) is 13.1. The molecule has 0 saturated heterocycles. The molecule has 0 fully saturated rings.